The normalized spacial score (nSPS) is 15.5. The zero-order valence-electron chi connectivity index (χ0n) is 14.9. The third-order valence-corrected chi connectivity index (χ3v) is 7.08. The van der Waals surface area contributed by atoms with E-state index >= 15 is 0 Å². The fourth-order valence-corrected chi connectivity index (χ4v) is 4.77. The summed E-state index contributed by atoms with van der Waals surface area (Å²) in [7, 11) is -3.48. The molecular weight excluding hydrogens is 442 g/mol. The molecule has 144 valence electrons. The minimum Gasteiger partial charge on any atom is -0.352 e. The second kappa shape index (κ2) is 7.94. The zero-order valence-corrected chi connectivity index (χ0v) is 17.3. The third-order valence-electron chi connectivity index (χ3n) is 4.64. The van der Waals surface area contributed by atoms with Crippen LogP contribution in [-0.2, 0) is 10.0 Å². The molecule has 0 atom stereocenters. The van der Waals surface area contributed by atoms with Gasteiger partial charge in [-0.2, -0.15) is 4.31 Å². The average Bonchev–Trinajstić information content (AvgIpc) is 2.75. The number of anilines is 1. The first kappa shape index (κ1) is 19.0. The largest absolute Gasteiger partial charge is 0.352 e. The number of rotatable bonds is 4. The topological polar surface area (TPSA) is 79.3 Å². The molecule has 0 saturated carbocycles. The number of pyridine rings is 1. The Morgan fingerprint density at radius 1 is 0.821 bits per heavy atom. The molecular formula is C19H18BrN5O2S. The van der Waals surface area contributed by atoms with Gasteiger partial charge in [0, 0.05) is 48.6 Å². The molecule has 1 fully saturated rings. The van der Waals surface area contributed by atoms with E-state index < -0.39 is 10.0 Å². The quantitative estimate of drug-likeness (QED) is 0.596. The summed E-state index contributed by atoms with van der Waals surface area (Å²) in [6, 6.07) is 14.3. The molecule has 3 aromatic rings. The van der Waals surface area contributed by atoms with Crippen LogP contribution in [0.15, 0.2) is 70.3 Å². The molecule has 9 heteroatoms. The van der Waals surface area contributed by atoms with E-state index in [1.54, 1.807) is 36.7 Å². The molecule has 1 aromatic carbocycles. The van der Waals surface area contributed by atoms with Gasteiger partial charge in [0.2, 0.25) is 10.0 Å². The molecule has 2 aromatic heterocycles. The van der Waals surface area contributed by atoms with Gasteiger partial charge in [-0.05, 0) is 48.5 Å². The van der Waals surface area contributed by atoms with Crippen LogP contribution in [0.3, 0.4) is 0 Å². The highest BCUT2D eigenvalue weighted by Gasteiger charge is 2.29. The number of aromatic nitrogens is 3. The zero-order chi connectivity index (χ0) is 19.6. The molecule has 1 aliphatic rings. The first-order valence-corrected chi connectivity index (χ1v) is 11.0. The summed E-state index contributed by atoms with van der Waals surface area (Å²) in [6.07, 6.45) is 3.44. The fraction of sp³-hybridized carbons (Fsp3) is 0.211. The van der Waals surface area contributed by atoms with E-state index in [0.29, 0.717) is 31.1 Å². The predicted molar refractivity (Wildman–Crippen MR) is 110 cm³/mol. The van der Waals surface area contributed by atoms with Crippen molar-refractivity contribution in [2.24, 2.45) is 0 Å². The summed E-state index contributed by atoms with van der Waals surface area (Å²) in [4.78, 5) is 6.37. The van der Waals surface area contributed by atoms with Crippen molar-refractivity contribution in [2.45, 2.75) is 4.90 Å². The Kier molecular flexibility index (Phi) is 5.38. The van der Waals surface area contributed by atoms with Crippen molar-refractivity contribution in [3.63, 3.8) is 0 Å². The van der Waals surface area contributed by atoms with Crippen molar-refractivity contribution < 1.29 is 8.42 Å². The minimum atomic E-state index is -3.48. The second-order valence-electron chi connectivity index (χ2n) is 6.36. The molecule has 0 amide bonds. The number of piperazine rings is 1. The van der Waals surface area contributed by atoms with Crippen LogP contribution < -0.4 is 4.90 Å². The van der Waals surface area contributed by atoms with Crippen molar-refractivity contribution in [2.75, 3.05) is 31.1 Å². The molecule has 3 heterocycles. The Labute approximate surface area is 172 Å². The van der Waals surface area contributed by atoms with Gasteiger partial charge in [0.05, 0.1) is 10.6 Å². The number of nitrogens with zero attached hydrogens (tertiary/aromatic N) is 5. The smallest absolute Gasteiger partial charge is 0.243 e. The van der Waals surface area contributed by atoms with Crippen molar-refractivity contribution in [1.82, 2.24) is 19.5 Å². The molecule has 4 rings (SSSR count). The number of sulfonamides is 1. The lowest BCUT2D eigenvalue weighted by atomic mass is 10.2. The maximum atomic E-state index is 12.8. The molecule has 0 spiro atoms. The summed E-state index contributed by atoms with van der Waals surface area (Å²) in [6.45, 7) is 1.95. The minimum absolute atomic E-state index is 0.311. The third kappa shape index (κ3) is 3.91. The standard InChI is InChI=1S/C19H18BrN5O2S/c20-16-1-3-17(4-2-16)28(26,27)25-13-11-24(12-14-25)19-6-5-18(22-23-19)15-7-9-21-10-8-15/h1-10H,11-14H2. The molecule has 1 saturated heterocycles. The fourth-order valence-electron chi connectivity index (χ4n) is 3.08. The molecule has 0 radical (unpaired) electrons. The van der Waals surface area contributed by atoms with Gasteiger partial charge < -0.3 is 4.90 Å². The molecule has 0 bridgehead atoms. The molecule has 0 unspecified atom stereocenters. The van der Waals surface area contributed by atoms with E-state index in [1.165, 1.54) is 4.31 Å². The summed E-state index contributed by atoms with van der Waals surface area (Å²) < 4.78 is 28.0. The van der Waals surface area contributed by atoms with E-state index in [-0.39, 0.29) is 0 Å². The van der Waals surface area contributed by atoms with E-state index in [4.69, 9.17) is 0 Å². The number of hydrogen-bond acceptors (Lipinski definition) is 6. The van der Waals surface area contributed by atoms with Crippen LogP contribution >= 0.6 is 15.9 Å². The van der Waals surface area contributed by atoms with Gasteiger partial charge in [-0.1, -0.05) is 15.9 Å². The number of hydrogen-bond donors (Lipinski definition) is 0. The lowest BCUT2D eigenvalue weighted by Gasteiger charge is -2.34. The first-order chi connectivity index (χ1) is 13.5. The second-order valence-corrected chi connectivity index (χ2v) is 9.21. The van der Waals surface area contributed by atoms with Crippen LogP contribution in [-0.4, -0.2) is 54.1 Å². The van der Waals surface area contributed by atoms with Crippen LogP contribution in [0.2, 0.25) is 0 Å². The van der Waals surface area contributed by atoms with Crippen LogP contribution in [0.25, 0.3) is 11.3 Å². The van der Waals surface area contributed by atoms with E-state index in [0.717, 1.165) is 21.5 Å². The van der Waals surface area contributed by atoms with Gasteiger partial charge in [0.25, 0.3) is 0 Å². The van der Waals surface area contributed by atoms with E-state index in [2.05, 4.69) is 36.0 Å². The van der Waals surface area contributed by atoms with Gasteiger partial charge in [-0.3, -0.25) is 4.98 Å². The average molecular weight is 460 g/mol. The summed E-state index contributed by atoms with van der Waals surface area (Å²) in [5.74, 6) is 0.749. The van der Waals surface area contributed by atoms with Crippen LogP contribution in [0.5, 0.6) is 0 Å². The van der Waals surface area contributed by atoms with Gasteiger partial charge in [0.15, 0.2) is 5.82 Å². The number of halogens is 1. The highest BCUT2D eigenvalue weighted by atomic mass is 79.9. The molecule has 28 heavy (non-hydrogen) atoms. The predicted octanol–water partition coefficient (Wildman–Crippen LogP) is 2.81. The summed E-state index contributed by atoms with van der Waals surface area (Å²) in [5.41, 5.74) is 1.74. The summed E-state index contributed by atoms with van der Waals surface area (Å²) >= 11 is 3.33. The lowest BCUT2D eigenvalue weighted by molar-refractivity contribution is 0.383. The lowest BCUT2D eigenvalue weighted by Crippen LogP contribution is -2.48. The molecule has 1 aliphatic heterocycles. The van der Waals surface area contributed by atoms with Gasteiger partial charge in [0.1, 0.15) is 0 Å². The van der Waals surface area contributed by atoms with Crippen molar-refractivity contribution >= 4 is 31.8 Å². The van der Waals surface area contributed by atoms with Crippen molar-refractivity contribution in [1.29, 1.82) is 0 Å². The molecule has 7 nitrogen and oxygen atoms in total. The van der Waals surface area contributed by atoms with Gasteiger partial charge in [-0.15, -0.1) is 10.2 Å². The Balaban J connectivity index is 1.43. The Hall–Kier alpha value is -2.36. The van der Waals surface area contributed by atoms with Crippen LogP contribution in [0, 0.1) is 0 Å². The molecule has 0 N–H and O–H groups in total. The Morgan fingerprint density at radius 3 is 2.11 bits per heavy atom. The first-order valence-electron chi connectivity index (χ1n) is 8.79. The van der Waals surface area contributed by atoms with E-state index in [1.807, 2.05) is 24.3 Å². The van der Waals surface area contributed by atoms with Crippen molar-refractivity contribution in [3.8, 4) is 11.3 Å². The highest BCUT2D eigenvalue weighted by Crippen LogP contribution is 2.22. The van der Waals surface area contributed by atoms with Crippen LogP contribution in [0.1, 0.15) is 0 Å². The van der Waals surface area contributed by atoms with Gasteiger partial charge in [-0.25, -0.2) is 8.42 Å². The Morgan fingerprint density at radius 2 is 1.50 bits per heavy atom. The maximum absolute atomic E-state index is 12.8. The monoisotopic (exact) mass is 459 g/mol. The number of benzene rings is 1. The Bertz CT molecular complexity index is 1040. The van der Waals surface area contributed by atoms with Crippen LogP contribution in [0.4, 0.5) is 5.82 Å². The molecule has 0 aliphatic carbocycles. The highest BCUT2D eigenvalue weighted by molar-refractivity contribution is 9.10. The summed E-state index contributed by atoms with van der Waals surface area (Å²) in [5, 5.41) is 8.61. The van der Waals surface area contributed by atoms with Gasteiger partial charge >= 0.3 is 0 Å². The SMILES string of the molecule is O=S(=O)(c1ccc(Br)cc1)N1CCN(c2ccc(-c3ccncc3)nn2)CC1. The van der Waals surface area contributed by atoms with E-state index in [9.17, 15) is 8.42 Å². The maximum Gasteiger partial charge on any atom is 0.243 e. The van der Waals surface area contributed by atoms with Crippen molar-refractivity contribution in [3.05, 3.63) is 65.4 Å².